The quantitative estimate of drug-likeness (QED) is 0.768. The lowest BCUT2D eigenvalue weighted by atomic mass is 10.1. The van der Waals surface area contributed by atoms with Crippen LogP contribution >= 0.6 is 15.9 Å². The predicted molar refractivity (Wildman–Crippen MR) is 72.6 cm³/mol. The summed E-state index contributed by atoms with van der Waals surface area (Å²) in [5, 5.41) is 3.67. The molecule has 20 heavy (non-hydrogen) atoms. The van der Waals surface area contributed by atoms with E-state index in [9.17, 15) is 13.6 Å². The topological polar surface area (TPSA) is 43.1 Å². The number of benzene rings is 1. The molecule has 106 valence electrons. The summed E-state index contributed by atoms with van der Waals surface area (Å²) < 4.78 is 31.9. The zero-order chi connectivity index (χ0) is 14.7. The molecule has 0 aliphatic rings. The molecule has 0 aliphatic carbocycles. The molecule has 0 fully saturated rings. The lowest BCUT2D eigenvalue weighted by Crippen LogP contribution is -2.06. The van der Waals surface area contributed by atoms with Crippen LogP contribution in [-0.2, 0) is 12.8 Å². The van der Waals surface area contributed by atoms with Crippen LogP contribution in [0.1, 0.15) is 35.2 Å². The van der Waals surface area contributed by atoms with E-state index in [2.05, 4.69) is 21.1 Å². The Morgan fingerprint density at radius 3 is 2.75 bits per heavy atom. The molecule has 3 nitrogen and oxygen atoms in total. The Morgan fingerprint density at radius 1 is 1.35 bits per heavy atom. The highest BCUT2D eigenvalue weighted by molar-refractivity contribution is 9.10. The Labute approximate surface area is 123 Å². The molecular formula is C14H12BrF2NO2. The first-order valence-electron chi connectivity index (χ1n) is 6.13. The van der Waals surface area contributed by atoms with Gasteiger partial charge in [-0.05, 0) is 12.5 Å². The molecule has 2 aromatic rings. The molecule has 1 aromatic carbocycles. The van der Waals surface area contributed by atoms with Crippen molar-refractivity contribution in [1.29, 1.82) is 0 Å². The molecule has 1 aromatic heterocycles. The van der Waals surface area contributed by atoms with Crippen LogP contribution in [0.4, 0.5) is 8.78 Å². The lowest BCUT2D eigenvalue weighted by Gasteiger charge is -2.04. The first-order valence-corrected chi connectivity index (χ1v) is 6.92. The molecule has 1 heterocycles. The molecule has 0 saturated carbocycles. The van der Waals surface area contributed by atoms with Crippen LogP contribution in [0.3, 0.4) is 0 Å². The van der Waals surface area contributed by atoms with Crippen molar-refractivity contribution < 1.29 is 18.1 Å². The van der Waals surface area contributed by atoms with Crippen molar-refractivity contribution in [2.45, 2.75) is 26.2 Å². The average Bonchev–Trinajstić information content (AvgIpc) is 2.82. The summed E-state index contributed by atoms with van der Waals surface area (Å²) in [6.07, 6.45) is 1.36. The summed E-state index contributed by atoms with van der Waals surface area (Å²) in [4.78, 5) is 12.0. The van der Waals surface area contributed by atoms with Gasteiger partial charge in [0, 0.05) is 35.0 Å². The zero-order valence-corrected chi connectivity index (χ0v) is 12.3. The van der Waals surface area contributed by atoms with Gasteiger partial charge in [-0.3, -0.25) is 4.79 Å². The van der Waals surface area contributed by atoms with Gasteiger partial charge in [0.05, 0.1) is 0 Å². The predicted octanol–water partition coefficient (Wildman–Crippen LogP) is 4.09. The van der Waals surface area contributed by atoms with Gasteiger partial charge in [-0.1, -0.05) is 28.0 Å². The maximum atomic E-state index is 13.6. The van der Waals surface area contributed by atoms with Gasteiger partial charge >= 0.3 is 0 Å². The maximum absolute atomic E-state index is 13.6. The van der Waals surface area contributed by atoms with Gasteiger partial charge in [0.25, 0.3) is 0 Å². The van der Waals surface area contributed by atoms with Gasteiger partial charge in [0.1, 0.15) is 23.1 Å². The van der Waals surface area contributed by atoms with Gasteiger partial charge < -0.3 is 4.52 Å². The van der Waals surface area contributed by atoms with Crippen LogP contribution in [0.5, 0.6) is 0 Å². The van der Waals surface area contributed by atoms with E-state index < -0.39 is 11.6 Å². The van der Waals surface area contributed by atoms with Gasteiger partial charge in [-0.15, -0.1) is 0 Å². The van der Waals surface area contributed by atoms with E-state index in [1.807, 2.05) is 6.92 Å². The Hall–Kier alpha value is -1.56. The van der Waals surface area contributed by atoms with Crippen LogP contribution in [0.25, 0.3) is 0 Å². The minimum Gasteiger partial charge on any atom is -0.361 e. The molecule has 2 rings (SSSR count). The Bertz CT molecular complexity index is 617. The monoisotopic (exact) mass is 343 g/mol. The molecular weight excluding hydrogens is 332 g/mol. The number of Topliss-reactive ketones (excluding diaryl/α,β-unsaturated/α-hetero) is 1. The summed E-state index contributed by atoms with van der Waals surface area (Å²) in [5.41, 5.74) is 0.264. The SMILES string of the molecule is CCCc1cc(C(=O)Cc2c(F)cc(F)cc2Br)no1. The van der Waals surface area contributed by atoms with E-state index in [1.54, 1.807) is 6.07 Å². The number of aryl methyl sites for hydroxylation is 1. The Morgan fingerprint density at radius 2 is 2.10 bits per heavy atom. The first-order chi connectivity index (χ1) is 9.51. The number of carbonyl (C=O) groups excluding carboxylic acids is 1. The van der Waals surface area contributed by atoms with Crippen LogP contribution < -0.4 is 0 Å². The first kappa shape index (κ1) is 14.8. The van der Waals surface area contributed by atoms with Gasteiger partial charge in [0.15, 0.2) is 5.78 Å². The second-order valence-corrected chi connectivity index (χ2v) is 5.23. The third kappa shape index (κ3) is 3.30. The van der Waals surface area contributed by atoms with E-state index in [1.165, 1.54) is 0 Å². The minimum absolute atomic E-state index is 0.108. The molecule has 0 atom stereocenters. The van der Waals surface area contributed by atoms with Crippen molar-refractivity contribution in [1.82, 2.24) is 5.16 Å². The molecule has 0 amide bonds. The van der Waals surface area contributed by atoms with Crippen molar-refractivity contribution in [3.8, 4) is 0 Å². The normalized spacial score (nSPS) is 10.8. The Balaban J connectivity index is 2.19. The second-order valence-electron chi connectivity index (χ2n) is 4.38. The molecule has 0 N–H and O–H groups in total. The smallest absolute Gasteiger partial charge is 0.189 e. The summed E-state index contributed by atoms with van der Waals surface area (Å²) >= 11 is 3.05. The number of rotatable bonds is 5. The van der Waals surface area contributed by atoms with Crippen LogP contribution in [0, 0.1) is 11.6 Å². The van der Waals surface area contributed by atoms with Crippen molar-refractivity contribution >= 4 is 21.7 Å². The van der Waals surface area contributed by atoms with Crippen molar-refractivity contribution in [3.05, 3.63) is 51.3 Å². The van der Waals surface area contributed by atoms with Gasteiger partial charge in [-0.25, -0.2) is 8.78 Å². The highest BCUT2D eigenvalue weighted by Gasteiger charge is 2.18. The standard InChI is InChI=1S/C14H12BrF2NO2/c1-2-3-9-6-13(18-20-9)14(19)7-10-11(15)4-8(16)5-12(10)17/h4-6H,2-3,7H2,1H3. The highest BCUT2D eigenvalue weighted by Crippen LogP contribution is 2.23. The summed E-state index contributed by atoms with van der Waals surface area (Å²) in [6.45, 7) is 1.98. The summed E-state index contributed by atoms with van der Waals surface area (Å²) in [5.74, 6) is -1.21. The molecule has 6 heteroatoms. The van der Waals surface area contributed by atoms with Crippen molar-refractivity contribution in [2.24, 2.45) is 0 Å². The molecule has 0 radical (unpaired) electrons. The number of ketones is 1. The maximum Gasteiger partial charge on any atom is 0.189 e. The van der Waals surface area contributed by atoms with E-state index in [0.29, 0.717) is 12.2 Å². The number of nitrogens with zero attached hydrogens (tertiary/aromatic N) is 1. The number of halogens is 3. The zero-order valence-electron chi connectivity index (χ0n) is 10.8. The fourth-order valence-electron chi connectivity index (χ4n) is 1.80. The fraction of sp³-hybridized carbons (Fsp3) is 0.286. The molecule has 0 aliphatic heterocycles. The largest absolute Gasteiger partial charge is 0.361 e. The van der Waals surface area contributed by atoms with E-state index >= 15 is 0 Å². The number of aromatic nitrogens is 1. The van der Waals surface area contributed by atoms with Gasteiger partial charge in [-0.2, -0.15) is 0 Å². The van der Waals surface area contributed by atoms with Crippen molar-refractivity contribution in [2.75, 3.05) is 0 Å². The van der Waals surface area contributed by atoms with Crippen LogP contribution in [-0.4, -0.2) is 10.9 Å². The van der Waals surface area contributed by atoms with Crippen LogP contribution in [0.2, 0.25) is 0 Å². The van der Waals surface area contributed by atoms with E-state index in [0.717, 1.165) is 18.6 Å². The molecule has 0 spiro atoms. The minimum atomic E-state index is -0.762. The summed E-state index contributed by atoms with van der Waals surface area (Å²) in [7, 11) is 0. The van der Waals surface area contributed by atoms with Crippen LogP contribution in [0.15, 0.2) is 27.2 Å². The molecule has 0 unspecified atom stereocenters. The third-order valence-corrected chi connectivity index (χ3v) is 3.49. The van der Waals surface area contributed by atoms with E-state index in [-0.39, 0.29) is 27.9 Å². The fourth-order valence-corrected chi connectivity index (χ4v) is 2.35. The summed E-state index contributed by atoms with van der Waals surface area (Å²) in [6, 6.07) is 3.43. The highest BCUT2D eigenvalue weighted by atomic mass is 79.9. The number of carbonyl (C=O) groups is 1. The Kier molecular flexibility index (Phi) is 4.65. The third-order valence-electron chi connectivity index (χ3n) is 2.78. The van der Waals surface area contributed by atoms with Crippen molar-refractivity contribution in [3.63, 3.8) is 0 Å². The van der Waals surface area contributed by atoms with E-state index in [4.69, 9.17) is 4.52 Å². The number of hydrogen-bond acceptors (Lipinski definition) is 3. The molecule has 0 saturated heterocycles. The number of hydrogen-bond donors (Lipinski definition) is 0. The molecule has 0 bridgehead atoms. The lowest BCUT2D eigenvalue weighted by molar-refractivity contribution is 0.0982. The van der Waals surface area contributed by atoms with Gasteiger partial charge in [0.2, 0.25) is 0 Å². The second kappa shape index (κ2) is 6.26. The average molecular weight is 344 g/mol.